The number of benzene rings is 1. The Morgan fingerprint density at radius 1 is 1.28 bits per heavy atom. The molecule has 3 atom stereocenters. The Morgan fingerprint density at radius 3 is 2.50 bits per heavy atom. The summed E-state index contributed by atoms with van der Waals surface area (Å²) in [6, 6.07) is 9.99. The van der Waals surface area contributed by atoms with E-state index in [-0.39, 0.29) is 0 Å². The molecular weight excluding hydrogens is 228 g/mol. The van der Waals surface area contributed by atoms with Gasteiger partial charge in [0.05, 0.1) is 0 Å². The van der Waals surface area contributed by atoms with E-state index in [1.807, 2.05) is 30.3 Å². The van der Waals surface area contributed by atoms with E-state index in [1.54, 1.807) is 0 Å². The molecule has 2 fully saturated rings. The normalized spacial score (nSPS) is 29.6. The van der Waals surface area contributed by atoms with Gasteiger partial charge in [-0.1, -0.05) is 30.3 Å². The van der Waals surface area contributed by atoms with Gasteiger partial charge in [0.2, 0.25) is 0 Å². The third kappa shape index (κ3) is 1.82. The predicted molar refractivity (Wildman–Crippen MR) is 68.3 cm³/mol. The van der Waals surface area contributed by atoms with Crippen molar-refractivity contribution in [2.75, 3.05) is 20.1 Å². The van der Waals surface area contributed by atoms with Crippen LogP contribution in [0.2, 0.25) is 0 Å². The summed E-state index contributed by atoms with van der Waals surface area (Å²) in [6.45, 7) is 1.86. The fraction of sp³-hybridized carbons (Fsp3) is 0.500. The van der Waals surface area contributed by atoms with Crippen molar-refractivity contribution in [3.63, 3.8) is 0 Å². The van der Waals surface area contributed by atoms with Crippen molar-refractivity contribution in [3.05, 3.63) is 35.9 Å². The summed E-state index contributed by atoms with van der Waals surface area (Å²) >= 11 is 0. The number of likely N-dealkylation sites (N-methyl/N-ethyl adjacent to an activating group) is 1. The fourth-order valence-electron chi connectivity index (χ4n) is 3.32. The van der Waals surface area contributed by atoms with Crippen LogP contribution in [-0.2, 0) is 4.79 Å². The van der Waals surface area contributed by atoms with Crippen LogP contribution < -0.4 is 0 Å². The van der Waals surface area contributed by atoms with Crippen LogP contribution in [-0.4, -0.2) is 53.1 Å². The SMILES string of the molecule is CN1C[C@@H]2C[C@@H]1CN2C(C(=O)O)c1ccccc1. The molecule has 4 heteroatoms. The first-order valence-corrected chi connectivity index (χ1v) is 6.40. The van der Waals surface area contributed by atoms with E-state index in [4.69, 9.17) is 0 Å². The molecule has 3 rings (SSSR count). The number of nitrogens with zero attached hydrogens (tertiary/aromatic N) is 2. The van der Waals surface area contributed by atoms with Crippen LogP contribution in [0, 0.1) is 0 Å². The highest BCUT2D eigenvalue weighted by Crippen LogP contribution is 2.36. The lowest BCUT2D eigenvalue weighted by molar-refractivity contribution is -0.144. The van der Waals surface area contributed by atoms with Crippen LogP contribution in [0.25, 0.3) is 0 Å². The average Bonchev–Trinajstić information content (AvgIpc) is 2.89. The third-order valence-corrected chi connectivity index (χ3v) is 4.24. The molecule has 96 valence electrons. The number of likely N-dealkylation sites (tertiary alicyclic amines) is 2. The predicted octanol–water partition coefficient (Wildman–Crippen LogP) is 1.20. The van der Waals surface area contributed by atoms with Crippen LogP contribution in [0.3, 0.4) is 0 Å². The van der Waals surface area contributed by atoms with Crippen LogP contribution in [0.1, 0.15) is 18.0 Å². The topological polar surface area (TPSA) is 43.8 Å². The first-order chi connectivity index (χ1) is 8.66. The molecule has 0 aliphatic carbocycles. The van der Waals surface area contributed by atoms with Gasteiger partial charge in [0.15, 0.2) is 0 Å². The zero-order valence-electron chi connectivity index (χ0n) is 10.5. The minimum atomic E-state index is -0.739. The quantitative estimate of drug-likeness (QED) is 0.870. The van der Waals surface area contributed by atoms with Gasteiger partial charge in [0, 0.05) is 25.2 Å². The van der Waals surface area contributed by atoms with Gasteiger partial charge in [0.1, 0.15) is 6.04 Å². The molecule has 1 N–H and O–H groups in total. The summed E-state index contributed by atoms with van der Waals surface area (Å²) in [5, 5.41) is 9.53. The smallest absolute Gasteiger partial charge is 0.325 e. The molecule has 2 aliphatic heterocycles. The molecule has 0 spiro atoms. The van der Waals surface area contributed by atoms with E-state index in [1.165, 1.54) is 0 Å². The Labute approximate surface area is 107 Å². The number of rotatable bonds is 3. The van der Waals surface area contributed by atoms with Crippen LogP contribution in [0.15, 0.2) is 30.3 Å². The lowest BCUT2D eigenvalue weighted by atomic mass is 10.0. The zero-order chi connectivity index (χ0) is 12.7. The van der Waals surface area contributed by atoms with Gasteiger partial charge < -0.3 is 10.0 Å². The number of fused-ring (bicyclic) bond motifs is 2. The molecule has 2 saturated heterocycles. The minimum Gasteiger partial charge on any atom is -0.480 e. The van der Waals surface area contributed by atoms with Crippen molar-refractivity contribution in [1.82, 2.24) is 9.80 Å². The summed E-state index contributed by atoms with van der Waals surface area (Å²) < 4.78 is 0. The maximum absolute atomic E-state index is 11.6. The van der Waals surface area contributed by atoms with E-state index in [9.17, 15) is 9.90 Å². The number of carboxylic acid groups (broad SMARTS) is 1. The monoisotopic (exact) mass is 246 g/mol. The fourth-order valence-corrected chi connectivity index (χ4v) is 3.32. The number of carbonyl (C=O) groups is 1. The van der Waals surface area contributed by atoms with Gasteiger partial charge in [-0.15, -0.1) is 0 Å². The molecule has 1 unspecified atom stereocenters. The number of hydrogen-bond donors (Lipinski definition) is 1. The first-order valence-electron chi connectivity index (χ1n) is 6.40. The second-order valence-electron chi connectivity index (χ2n) is 5.33. The Hall–Kier alpha value is -1.39. The molecule has 0 aromatic heterocycles. The highest BCUT2D eigenvalue weighted by molar-refractivity contribution is 5.75. The first kappa shape index (κ1) is 11.7. The molecule has 2 bridgehead atoms. The lowest BCUT2D eigenvalue weighted by Crippen LogP contribution is -2.47. The van der Waals surface area contributed by atoms with Gasteiger partial charge >= 0.3 is 5.97 Å². The molecular formula is C14H18N2O2. The van der Waals surface area contributed by atoms with Crippen LogP contribution in [0.4, 0.5) is 0 Å². The Bertz CT molecular complexity index is 446. The second kappa shape index (κ2) is 4.37. The Morgan fingerprint density at radius 2 is 2.00 bits per heavy atom. The van der Waals surface area contributed by atoms with Gasteiger partial charge in [-0.2, -0.15) is 0 Å². The van der Waals surface area contributed by atoms with Gasteiger partial charge in [-0.3, -0.25) is 9.69 Å². The van der Waals surface area contributed by atoms with Gasteiger partial charge in [-0.25, -0.2) is 0 Å². The summed E-state index contributed by atoms with van der Waals surface area (Å²) in [5.41, 5.74) is 0.889. The third-order valence-electron chi connectivity index (χ3n) is 4.24. The van der Waals surface area contributed by atoms with Crippen molar-refractivity contribution >= 4 is 5.97 Å². The number of hydrogen-bond acceptors (Lipinski definition) is 3. The van der Waals surface area contributed by atoms with Gasteiger partial charge in [0.25, 0.3) is 0 Å². The number of aliphatic carboxylic acids is 1. The molecule has 1 aromatic carbocycles. The Kier molecular flexibility index (Phi) is 2.84. The summed E-state index contributed by atoms with van der Waals surface area (Å²) in [4.78, 5) is 16.1. The summed E-state index contributed by atoms with van der Waals surface area (Å²) in [6.07, 6.45) is 1.10. The molecule has 0 radical (unpaired) electrons. The summed E-state index contributed by atoms with van der Waals surface area (Å²) in [7, 11) is 2.13. The zero-order valence-corrected chi connectivity index (χ0v) is 10.5. The van der Waals surface area contributed by atoms with Crippen molar-refractivity contribution in [3.8, 4) is 0 Å². The maximum Gasteiger partial charge on any atom is 0.325 e. The molecule has 0 saturated carbocycles. The second-order valence-corrected chi connectivity index (χ2v) is 5.33. The summed E-state index contributed by atoms with van der Waals surface area (Å²) in [5.74, 6) is -0.739. The van der Waals surface area contributed by atoms with Crippen molar-refractivity contribution in [2.24, 2.45) is 0 Å². The van der Waals surface area contributed by atoms with E-state index in [0.29, 0.717) is 12.1 Å². The minimum absolute atomic E-state index is 0.390. The highest BCUT2D eigenvalue weighted by atomic mass is 16.4. The average molecular weight is 246 g/mol. The number of piperazine rings is 1. The van der Waals surface area contributed by atoms with E-state index in [2.05, 4.69) is 16.8 Å². The number of carboxylic acids is 1. The lowest BCUT2D eigenvalue weighted by Gasteiger charge is -2.35. The standard InChI is InChI=1S/C14H18N2O2/c1-15-8-12-7-11(15)9-16(12)13(14(17)18)10-5-3-2-4-6-10/h2-6,11-13H,7-9H2,1H3,(H,17,18)/t11-,12+,13?/m1/s1. The maximum atomic E-state index is 11.6. The molecule has 2 heterocycles. The van der Waals surface area contributed by atoms with Crippen LogP contribution >= 0.6 is 0 Å². The van der Waals surface area contributed by atoms with Crippen molar-refractivity contribution in [1.29, 1.82) is 0 Å². The molecule has 1 aromatic rings. The van der Waals surface area contributed by atoms with Crippen molar-refractivity contribution < 1.29 is 9.90 Å². The molecule has 2 aliphatic rings. The molecule has 0 amide bonds. The van der Waals surface area contributed by atoms with E-state index >= 15 is 0 Å². The van der Waals surface area contributed by atoms with E-state index < -0.39 is 12.0 Å². The highest BCUT2D eigenvalue weighted by Gasteiger charge is 2.46. The largest absolute Gasteiger partial charge is 0.480 e. The van der Waals surface area contributed by atoms with E-state index in [0.717, 1.165) is 25.1 Å². The molecule has 4 nitrogen and oxygen atoms in total. The van der Waals surface area contributed by atoms with Crippen molar-refractivity contribution in [2.45, 2.75) is 24.5 Å². The van der Waals surface area contributed by atoms with Crippen LogP contribution in [0.5, 0.6) is 0 Å². The van der Waals surface area contributed by atoms with Gasteiger partial charge in [-0.05, 0) is 19.0 Å². The Balaban J connectivity index is 1.87. The molecule has 18 heavy (non-hydrogen) atoms.